The lowest BCUT2D eigenvalue weighted by Gasteiger charge is -2.16. The number of benzene rings is 1. The number of aromatic nitrogens is 5. The maximum atomic E-state index is 12.6. The van der Waals surface area contributed by atoms with Crippen molar-refractivity contribution in [3.63, 3.8) is 0 Å². The molecule has 0 spiro atoms. The van der Waals surface area contributed by atoms with Crippen LogP contribution in [0.5, 0.6) is 0 Å². The predicted molar refractivity (Wildman–Crippen MR) is 113 cm³/mol. The summed E-state index contributed by atoms with van der Waals surface area (Å²) in [6.45, 7) is 3.71. The summed E-state index contributed by atoms with van der Waals surface area (Å²) in [5.74, 6) is -1.12. The number of anilines is 1. The van der Waals surface area contributed by atoms with E-state index >= 15 is 0 Å². The number of nitrogens with one attached hydrogen (secondary N) is 1. The lowest BCUT2D eigenvalue weighted by molar-refractivity contribution is -0.159. The van der Waals surface area contributed by atoms with E-state index in [4.69, 9.17) is 0 Å². The summed E-state index contributed by atoms with van der Waals surface area (Å²) in [5, 5.41) is 16.5. The molecule has 0 atom stereocenters. The number of rotatable bonds is 6. The number of alkyl halides is 3. The number of aliphatic hydroxyl groups is 1. The van der Waals surface area contributed by atoms with Crippen molar-refractivity contribution >= 4 is 5.95 Å². The van der Waals surface area contributed by atoms with Gasteiger partial charge in [-0.15, -0.1) is 0 Å². The van der Waals surface area contributed by atoms with Gasteiger partial charge in [-0.2, -0.15) is 18.2 Å². The highest BCUT2D eigenvalue weighted by molar-refractivity contribution is 5.59. The average Bonchev–Trinajstić information content (AvgIpc) is 3.29. The molecular weight excluding hydrogens is 437 g/mol. The highest BCUT2D eigenvalue weighted by atomic mass is 19.4. The van der Waals surface area contributed by atoms with Crippen LogP contribution in [0.15, 0.2) is 59.4 Å². The zero-order valence-electron chi connectivity index (χ0n) is 17.6. The summed E-state index contributed by atoms with van der Waals surface area (Å²) in [4.78, 5) is 16.3. The van der Waals surface area contributed by atoms with Crippen LogP contribution in [0, 0.1) is 0 Å². The molecule has 0 aliphatic carbocycles. The molecule has 0 fully saturated rings. The Labute approximate surface area is 186 Å². The van der Waals surface area contributed by atoms with Gasteiger partial charge in [-0.1, -0.05) is 29.4 Å². The highest BCUT2D eigenvalue weighted by Crippen LogP contribution is 2.29. The number of pyridine rings is 1. The SMILES string of the molecule is CC(C)(O)c1ccc(-c2ccnc(NCc3ccc(-c4noc(C(F)(F)F)n4)cc3)n2)cn1. The van der Waals surface area contributed by atoms with E-state index in [9.17, 15) is 18.3 Å². The van der Waals surface area contributed by atoms with Gasteiger partial charge in [0.15, 0.2) is 0 Å². The van der Waals surface area contributed by atoms with E-state index in [1.54, 1.807) is 62.6 Å². The number of halogens is 3. The Balaban J connectivity index is 1.42. The summed E-state index contributed by atoms with van der Waals surface area (Å²) < 4.78 is 42.1. The van der Waals surface area contributed by atoms with Crippen molar-refractivity contribution in [3.05, 3.63) is 72.0 Å². The van der Waals surface area contributed by atoms with Crippen LogP contribution in [-0.4, -0.2) is 30.2 Å². The third-order valence-electron chi connectivity index (χ3n) is 4.67. The molecule has 4 aromatic rings. The fraction of sp³-hybridized carbons (Fsp3) is 0.227. The molecule has 3 aromatic heterocycles. The monoisotopic (exact) mass is 456 g/mol. The van der Waals surface area contributed by atoms with Crippen LogP contribution in [0.2, 0.25) is 0 Å². The van der Waals surface area contributed by atoms with Crippen LogP contribution in [0.1, 0.15) is 31.0 Å². The van der Waals surface area contributed by atoms with Crippen LogP contribution in [0.25, 0.3) is 22.6 Å². The van der Waals surface area contributed by atoms with Crippen molar-refractivity contribution in [2.24, 2.45) is 0 Å². The molecule has 0 unspecified atom stereocenters. The first-order chi connectivity index (χ1) is 15.6. The molecule has 4 rings (SSSR count). The largest absolute Gasteiger partial charge is 0.471 e. The maximum Gasteiger partial charge on any atom is 0.471 e. The molecule has 0 bridgehead atoms. The fourth-order valence-corrected chi connectivity index (χ4v) is 2.92. The second-order valence-corrected chi connectivity index (χ2v) is 7.73. The van der Waals surface area contributed by atoms with Crippen LogP contribution < -0.4 is 5.32 Å². The topological polar surface area (TPSA) is 110 Å². The minimum atomic E-state index is -4.68. The highest BCUT2D eigenvalue weighted by Gasteiger charge is 2.38. The molecule has 1 aromatic carbocycles. The number of hydrogen-bond donors (Lipinski definition) is 2. The zero-order valence-corrected chi connectivity index (χ0v) is 17.6. The molecular formula is C22H19F3N6O2. The Hall–Kier alpha value is -3.86. The van der Waals surface area contributed by atoms with Crippen molar-refractivity contribution in [2.45, 2.75) is 32.2 Å². The summed E-state index contributed by atoms with van der Waals surface area (Å²) in [7, 11) is 0. The van der Waals surface area contributed by atoms with Crippen molar-refractivity contribution in [3.8, 4) is 22.6 Å². The lowest BCUT2D eigenvalue weighted by Crippen LogP contribution is -2.17. The molecule has 0 saturated heterocycles. The van der Waals surface area contributed by atoms with E-state index in [1.807, 2.05) is 6.07 Å². The predicted octanol–water partition coefficient (Wildman–Crippen LogP) is 4.45. The quantitative estimate of drug-likeness (QED) is 0.438. The van der Waals surface area contributed by atoms with Crippen LogP contribution in [-0.2, 0) is 18.3 Å². The Kier molecular flexibility index (Phi) is 5.81. The van der Waals surface area contributed by atoms with E-state index < -0.39 is 17.7 Å². The van der Waals surface area contributed by atoms with Gasteiger partial charge in [0.05, 0.1) is 11.4 Å². The molecule has 8 nitrogen and oxygen atoms in total. The molecule has 0 aliphatic heterocycles. The molecule has 3 heterocycles. The number of hydrogen-bond acceptors (Lipinski definition) is 8. The first-order valence-corrected chi connectivity index (χ1v) is 9.86. The molecule has 0 radical (unpaired) electrons. The summed E-state index contributed by atoms with van der Waals surface area (Å²) in [6.07, 6.45) is -1.43. The third-order valence-corrected chi connectivity index (χ3v) is 4.67. The Morgan fingerprint density at radius 1 is 0.939 bits per heavy atom. The van der Waals surface area contributed by atoms with Gasteiger partial charge < -0.3 is 14.9 Å². The second kappa shape index (κ2) is 8.58. The van der Waals surface area contributed by atoms with E-state index in [2.05, 4.69) is 34.9 Å². The van der Waals surface area contributed by atoms with Crippen LogP contribution in [0.3, 0.4) is 0 Å². The average molecular weight is 456 g/mol. The summed E-state index contributed by atoms with van der Waals surface area (Å²) in [5.41, 5.74) is 2.21. The van der Waals surface area contributed by atoms with Crippen molar-refractivity contribution < 1.29 is 22.8 Å². The zero-order chi connectivity index (χ0) is 23.6. The van der Waals surface area contributed by atoms with Gasteiger partial charge in [0.2, 0.25) is 11.8 Å². The third kappa shape index (κ3) is 5.32. The first-order valence-electron chi connectivity index (χ1n) is 9.86. The molecule has 0 aliphatic rings. The Morgan fingerprint density at radius 3 is 2.27 bits per heavy atom. The van der Waals surface area contributed by atoms with Crippen LogP contribution in [0.4, 0.5) is 19.1 Å². The Bertz CT molecular complexity index is 1230. The van der Waals surface area contributed by atoms with Gasteiger partial charge >= 0.3 is 12.1 Å². The standard InChI is InChI=1S/C22H19F3N6O2/c1-21(2,32)17-8-7-15(12-27-17)16-9-10-26-20(29-16)28-11-13-3-5-14(6-4-13)18-30-19(33-31-18)22(23,24)25/h3-10,12,32H,11H2,1-2H3,(H,26,28,29). The Morgan fingerprint density at radius 2 is 1.67 bits per heavy atom. The number of nitrogens with zero attached hydrogens (tertiary/aromatic N) is 5. The van der Waals surface area contributed by atoms with E-state index in [-0.39, 0.29) is 5.82 Å². The van der Waals surface area contributed by atoms with E-state index in [0.717, 1.165) is 11.1 Å². The maximum absolute atomic E-state index is 12.6. The van der Waals surface area contributed by atoms with Gasteiger partial charge in [-0.25, -0.2) is 9.97 Å². The van der Waals surface area contributed by atoms with E-state index in [1.165, 1.54) is 0 Å². The van der Waals surface area contributed by atoms with E-state index in [0.29, 0.717) is 29.4 Å². The van der Waals surface area contributed by atoms with Gasteiger partial charge in [-0.05, 0) is 37.6 Å². The molecule has 170 valence electrons. The van der Waals surface area contributed by atoms with Gasteiger partial charge in [-0.3, -0.25) is 4.98 Å². The van der Waals surface area contributed by atoms with Gasteiger partial charge in [0.1, 0.15) is 5.60 Å². The summed E-state index contributed by atoms with van der Waals surface area (Å²) >= 11 is 0. The van der Waals surface area contributed by atoms with Gasteiger partial charge in [0, 0.05) is 30.1 Å². The van der Waals surface area contributed by atoms with Gasteiger partial charge in [0.25, 0.3) is 0 Å². The lowest BCUT2D eigenvalue weighted by atomic mass is 10.0. The van der Waals surface area contributed by atoms with Crippen molar-refractivity contribution in [2.75, 3.05) is 5.32 Å². The molecule has 33 heavy (non-hydrogen) atoms. The molecule has 0 amide bonds. The first kappa shape index (κ1) is 22.3. The van der Waals surface area contributed by atoms with Crippen molar-refractivity contribution in [1.29, 1.82) is 0 Å². The molecule has 2 N–H and O–H groups in total. The molecule has 11 heteroatoms. The minimum absolute atomic E-state index is 0.137. The van der Waals surface area contributed by atoms with Crippen molar-refractivity contribution in [1.82, 2.24) is 25.1 Å². The second-order valence-electron chi connectivity index (χ2n) is 7.73. The van der Waals surface area contributed by atoms with Crippen LogP contribution >= 0.6 is 0 Å². The smallest absolute Gasteiger partial charge is 0.384 e. The summed E-state index contributed by atoms with van der Waals surface area (Å²) in [6, 6.07) is 12.0. The normalized spacial score (nSPS) is 12.1. The minimum Gasteiger partial charge on any atom is -0.384 e. The fourth-order valence-electron chi connectivity index (χ4n) is 2.92. The molecule has 0 saturated carbocycles.